The van der Waals surface area contributed by atoms with Crippen LogP contribution in [0, 0.1) is 0 Å². The number of hydrogen-bond donors (Lipinski definition) is 2. The van der Waals surface area contributed by atoms with Crippen molar-refractivity contribution in [3.63, 3.8) is 0 Å². The van der Waals surface area contributed by atoms with E-state index < -0.39 is 5.97 Å². The fourth-order valence-corrected chi connectivity index (χ4v) is 1.09. The Labute approximate surface area is 84.1 Å². The minimum Gasteiger partial charge on any atom is -0.481 e. The van der Waals surface area contributed by atoms with E-state index in [1.54, 1.807) is 7.05 Å². The Morgan fingerprint density at radius 1 is 1.43 bits per heavy atom. The number of carboxylic acids is 1. The molecular weight excluding hydrogens is 184 g/mol. The van der Waals surface area contributed by atoms with E-state index in [2.05, 4.69) is 5.32 Å². The maximum atomic E-state index is 11.0. The summed E-state index contributed by atoms with van der Waals surface area (Å²) >= 11 is 0. The van der Waals surface area contributed by atoms with Gasteiger partial charge in [0.1, 0.15) is 0 Å². The molecular formula is C9H18N2O3. The standard InChI is InChI=1S/C9H18N2O3/c1-3-11(7-8(12)10-2)6-4-5-9(13)14/h3-7H2,1-2H3,(H,10,12)(H,13,14). The van der Waals surface area contributed by atoms with Gasteiger partial charge in [0.25, 0.3) is 0 Å². The molecule has 1 amide bonds. The molecule has 0 atom stereocenters. The van der Waals surface area contributed by atoms with Crippen LogP contribution in [0.3, 0.4) is 0 Å². The minimum atomic E-state index is -0.791. The number of carbonyl (C=O) groups is 2. The Kier molecular flexibility index (Phi) is 6.74. The highest BCUT2D eigenvalue weighted by Gasteiger charge is 2.07. The minimum absolute atomic E-state index is 0.0397. The van der Waals surface area contributed by atoms with Gasteiger partial charge < -0.3 is 10.4 Å². The number of nitrogens with zero attached hydrogens (tertiary/aromatic N) is 1. The van der Waals surface area contributed by atoms with Gasteiger partial charge in [0.2, 0.25) is 5.91 Å². The van der Waals surface area contributed by atoms with Crippen molar-refractivity contribution < 1.29 is 14.7 Å². The molecule has 2 N–H and O–H groups in total. The maximum absolute atomic E-state index is 11.0. The number of likely N-dealkylation sites (N-methyl/N-ethyl adjacent to an activating group) is 2. The smallest absolute Gasteiger partial charge is 0.303 e. The van der Waals surface area contributed by atoms with Gasteiger partial charge in [0, 0.05) is 13.5 Å². The maximum Gasteiger partial charge on any atom is 0.303 e. The molecule has 0 radical (unpaired) electrons. The van der Waals surface area contributed by atoms with E-state index in [9.17, 15) is 9.59 Å². The van der Waals surface area contributed by atoms with Gasteiger partial charge in [-0.3, -0.25) is 14.5 Å². The molecule has 0 bridgehead atoms. The summed E-state index contributed by atoms with van der Waals surface area (Å²) in [6.45, 7) is 3.69. The fraction of sp³-hybridized carbons (Fsp3) is 0.778. The van der Waals surface area contributed by atoms with Gasteiger partial charge in [0.15, 0.2) is 0 Å². The average molecular weight is 202 g/mol. The molecule has 14 heavy (non-hydrogen) atoms. The zero-order chi connectivity index (χ0) is 11.0. The van der Waals surface area contributed by atoms with Gasteiger partial charge in [-0.1, -0.05) is 6.92 Å². The summed E-state index contributed by atoms with van der Waals surface area (Å²) in [5.41, 5.74) is 0. The lowest BCUT2D eigenvalue weighted by atomic mass is 10.3. The third-order valence-corrected chi connectivity index (χ3v) is 1.96. The Morgan fingerprint density at radius 3 is 2.50 bits per heavy atom. The summed E-state index contributed by atoms with van der Waals surface area (Å²) in [5, 5.41) is 11.0. The molecule has 0 rings (SSSR count). The topological polar surface area (TPSA) is 69.6 Å². The van der Waals surface area contributed by atoms with Gasteiger partial charge in [-0.2, -0.15) is 0 Å². The first-order chi connectivity index (χ1) is 6.60. The van der Waals surface area contributed by atoms with Crippen LogP contribution in [0.2, 0.25) is 0 Å². The van der Waals surface area contributed by atoms with Crippen molar-refractivity contribution in [2.45, 2.75) is 19.8 Å². The van der Waals surface area contributed by atoms with E-state index >= 15 is 0 Å². The highest BCUT2D eigenvalue weighted by atomic mass is 16.4. The number of rotatable bonds is 7. The van der Waals surface area contributed by atoms with Gasteiger partial charge in [0.05, 0.1) is 6.54 Å². The predicted octanol–water partition coefficient (Wildman–Crippen LogP) is -0.0809. The summed E-state index contributed by atoms with van der Waals surface area (Å²) < 4.78 is 0. The van der Waals surface area contributed by atoms with Gasteiger partial charge in [-0.25, -0.2) is 0 Å². The molecule has 82 valence electrons. The predicted molar refractivity (Wildman–Crippen MR) is 53.1 cm³/mol. The number of carbonyl (C=O) groups excluding carboxylic acids is 1. The molecule has 5 heteroatoms. The second kappa shape index (κ2) is 7.32. The molecule has 0 aliphatic heterocycles. The highest BCUT2D eigenvalue weighted by molar-refractivity contribution is 5.77. The molecule has 0 aromatic heterocycles. The molecule has 0 aromatic carbocycles. The van der Waals surface area contributed by atoms with E-state index in [0.717, 1.165) is 6.54 Å². The SMILES string of the molecule is CCN(CCCC(=O)O)CC(=O)NC. The van der Waals surface area contributed by atoms with Crippen molar-refractivity contribution in [1.82, 2.24) is 10.2 Å². The Bertz CT molecular complexity index is 194. The summed E-state index contributed by atoms with van der Waals surface area (Å²) in [6.07, 6.45) is 0.740. The number of aliphatic carboxylic acids is 1. The van der Waals surface area contributed by atoms with Crippen molar-refractivity contribution in [1.29, 1.82) is 0 Å². The normalized spacial score (nSPS) is 10.2. The highest BCUT2D eigenvalue weighted by Crippen LogP contribution is 1.95. The van der Waals surface area contributed by atoms with Crippen molar-refractivity contribution in [2.24, 2.45) is 0 Å². The molecule has 0 heterocycles. The van der Waals surface area contributed by atoms with Crippen molar-refractivity contribution in [2.75, 3.05) is 26.7 Å². The van der Waals surface area contributed by atoms with Crippen LogP contribution in [0.1, 0.15) is 19.8 Å². The summed E-state index contributed by atoms with van der Waals surface area (Å²) in [7, 11) is 1.59. The molecule has 0 saturated carbocycles. The largest absolute Gasteiger partial charge is 0.481 e. The van der Waals surface area contributed by atoms with Crippen LogP contribution in [0.4, 0.5) is 0 Å². The number of nitrogens with one attached hydrogen (secondary N) is 1. The lowest BCUT2D eigenvalue weighted by Crippen LogP contribution is -2.36. The van der Waals surface area contributed by atoms with E-state index in [-0.39, 0.29) is 12.3 Å². The molecule has 0 aliphatic rings. The fourth-order valence-electron chi connectivity index (χ4n) is 1.09. The summed E-state index contributed by atoms with van der Waals surface area (Å²) in [6, 6.07) is 0. The van der Waals surface area contributed by atoms with Gasteiger partial charge >= 0.3 is 5.97 Å². The first-order valence-corrected chi connectivity index (χ1v) is 4.74. The first kappa shape index (κ1) is 12.9. The Balaban J connectivity index is 3.68. The Morgan fingerprint density at radius 2 is 2.07 bits per heavy atom. The molecule has 0 unspecified atom stereocenters. The quantitative estimate of drug-likeness (QED) is 0.606. The van der Waals surface area contributed by atoms with Crippen LogP contribution >= 0.6 is 0 Å². The van der Waals surface area contributed by atoms with Gasteiger partial charge in [-0.15, -0.1) is 0 Å². The number of amides is 1. The number of hydrogen-bond acceptors (Lipinski definition) is 3. The van der Waals surface area contributed by atoms with Crippen molar-refractivity contribution >= 4 is 11.9 Å². The van der Waals surface area contributed by atoms with Crippen LogP contribution < -0.4 is 5.32 Å². The lowest BCUT2D eigenvalue weighted by Gasteiger charge is -2.18. The molecule has 0 spiro atoms. The van der Waals surface area contributed by atoms with Crippen LogP contribution in [-0.4, -0.2) is 48.6 Å². The zero-order valence-corrected chi connectivity index (χ0v) is 8.75. The summed E-state index contributed by atoms with van der Waals surface area (Å²) in [5.74, 6) is -0.830. The Hall–Kier alpha value is -1.10. The van der Waals surface area contributed by atoms with Crippen LogP contribution in [-0.2, 0) is 9.59 Å². The van der Waals surface area contributed by atoms with Crippen LogP contribution in [0.5, 0.6) is 0 Å². The van der Waals surface area contributed by atoms with E-state index in [4.69, 9.17) is 5.11 Å². The van der Waals surface area contributed by atoms with E-state index in [1.165, 1.54) is 0 Å². The zero-order valence-electron chi connectivity index (χ0n) is 8.75. The average Bonchev–Trinajstić information content (AvgIpc) is 2.15. The molecule has 0 aromatic rings. The monoisotopic (exact) mass is 202 g/mol. The second-order valence-electron chi connectivity index (χ2n) is 3.04. The molecule has 0 saturated heterocycles. The molecule has 0 aliphatic carbocycles. The van der Waals surface area contributed by atoms with Crippen LogP contribution in [0.25, 0.3) is 0 Å². The summed E-state index contributed by atoms with van der Waals surface area (Å²) in [4.78, 5) is 23.2. The van der Waals surface area contributed by atoms with Crippen LogP contribution in [0.15, 0.2) is 0 Å². The lowest BCUT2D eigenvalue weighted by molar-refractivity contribution is -0.137. The van der Waals surface area contributed by atoms with Crippen molar-refractivity contribution in [3.8, 4) is 0 Å². The van der Waals surface area contributed by atoms with Gasteiger partial charge in [-0.05, 0) is 19.5 Å². The third kappa shape index (κ3) is 6.42. The van der Waals surface area contributed by atoms with Crippen molar-refractivity contribution in [3.05, 3.63) is 0 Å². The van der Waals surface area contributed by atoms with E-state index in [1.807, 2.05) is 11.8 Å². The number of carboxylic acid groups (broad SMARTS) is 1. The molecule has 5 nitrogen and oxygen atoms in total. The first-order valence-electron chi connectivity index (χ1n) is 4.74. The van der Waals surface area contributed by atoms with E-state index in [0.29, 0.717) is 19.5 Å². The molecule has 0 fully saturated rings. The second-order valence-corrected chi connectivity index (χ2v) is 3.04. The third-order valence-electron chi connectivity index (χ3n) is 1.96.